The highest BCUT2D eigenvalue weighted by Gasteiger charge is 2.46. The van der Waals surface area contributed by atoms with E-state index in [0.29, 0.717) is 30.2 Å². The van der Waals surface area contributed by atoms with Crippen molar-refractivity contribution in [3.8, 4) is 11.5 Å². The summed E-state index contributed by atoms with van der Waals surface area (Å²) in [5.74, 6) is 0.985. The molecule has 2 fully saturated rings. The van der Waals surface area contributed by atoms with Crippen molar-refractivity contribution in [2.75, 3.05) is 46.8 Å². The number of likely N-dealkylation sites (N-methyl/N-ethyl adjacent to an activating group) is 1. The van der Waals surface area contributed by atoms with Crippen molar-refractivity contribution in [2.45, 2.75) is 31.3 Å². The second-order valence-corrected chi connectivity index (χ2v) is 7.64. The summed E-state index contributed by atoms with van der Waals surface area (Å²) in [6.45, 7) is 5.37. The van der Waals surface area contributed by atoms with Crippen molar-refractivity contribution in [1.82, 2.24) is 9.80 Å². The predicted molar refractivity (Wildman–Crippen MR) is 99.8 cm³/mol. The van der Waals surface area contributed by atoms with Crippen molar-refractivity contribution in [3.05, 3.63) is 23.8 Å². The fourth-order valence-electron chi connectivity index (χ4n) is 3.98. The van der Waals surface area contributed by atoms with Crippen LogP contribution in [0.3, 0.4) is 0 Å². The molecule has 0 aliphatic carbocycles. The fraction of sp³-hybridized carbons (Fsp3) is 0.600. The van der Waals surface area contributed by atoms with E-state index in [0.717, 1.165) is 32.6 Å². The van der Waals surface area contributed by atoms with E-state index in [4.69, 9.17) is 18.9 Å². The number of rotatable bonds is 6. The topological polar surface area (TPSA) is 77.5 Å². The van der Waals surface area contributed by atoms with Crippen LogP contribution in [0.5, 0.6) is 11.5 Å². The van der Waals surface area contributed by atoms with E-state index in [9.17, 15) is 9.59 Å². The van der Waals surface area contributed by atoms with Crippen molar-refractivity contribution in [1.29, 1.82) is 0 Å². The largest absolute Gasteiger partial charge is 0.454 e. The standard InChI is InChI=1S/C20H26N2O6/c1-14(18(23)15-4-5-16-17(10-15)28-13-27-16)21(2)19(24)26-9-8-22-7-3-6-20(22)11-25-12-20/h4-5,10,14H,3,6-9,11-13H2,1-2H3/t14-/m1/s1. The number of fused-ring (bicyclic) bond motifs is 1. The van der Waals surface area contributed by atoms with Gasteiger partial charge in [0.2, 0.25) is 6.79 Å². The Kier molecular flexibility index (Phi) is 5.16. The molecule has 0 saturated carbocycles. The molecule has 152 valence electrons. The Morgan fingerprint density at radius 1 is 1.29 bits per heavy atom. The van der Waals surface area contributed by atoms with E-state index >= 15 is 0 Å². The number of likely N-dealkylation sites (tertiary alicyclic amines) is 1. The van der Waals surface area contributed by atoms with Crippen LogP contribution in [0, 0.1) is 0 Å². The Bertz CT molecular complexity index is 763. The Morgan fingerprint density at radius 3 is 2.82 bits per heavy atom. The average Bonchev–Trinajstić information content (AvgIpc) is 3.31. The highest BCUT2D eigenvalue weighted by molar-refractivity contribution is 6.01. The number of ether oxygens (including phenoxy) is 4. The zero-order valence-electron chi connectivity index (χ0n) is 16.3. The number of hydrogen-bond donors (Lipinski definition) is 0. The van der Waals surface area contributed by atoms with Gasteiger partial charge in [-0.1, -0.05) is 0 Å². The maximum atomic E-state index is 12.7. The molecule has 28 heavy (non-hydrogen) atoms. The van der Waals surface area contributed by atoms with Crippen LogP contribution in [-0.4, -0.2) is 80.0 Å². The summed E-state index contributed by atoms with van der Waals surface area (Å²) in [7, 11) is 1.58. The summed E-state index contributed by atoms with van der Waals surface area (Å²) in [4.78, 5) is 28.8. The van der Waals surface area contributed by atoms with E-state index < -0.39 is 12.1 Å². The molecule has 1 aromatic rings. The third kappa shape index (κ3) is 3.42. The lowest BCUT2D eigenvalue weighted by Gasteiger charge is -2.45. The van der Waals surface area contributed by atoms with E-state index in [1.807, 2.05) is 0 Å². The number of amides is 1. The lowest BCUT2D eigenvalue weighted by atomic mass is 9.94. The van der Waals surface area contributed by atoms with Crippen molar-refractivity contribution in [3.63, 3.8) is 0 Å². The maximum Gasteiger partial charge on any atom is 0.410 e. The molecular weight excluding hydrogens is 364 g/mol. The van der Waals surface area contributed by atoms with Crippen LogP contribution in [0.2, 0.25) is 0 Å². The smallest absolute Gasteiger partial charge is 0.410 e. The lowest BCUT2D eigenvalue weighted by Crippen LogP contribution is -2.59. The van der Waals surface area contributed by atoms with E-state index in [2.05, 4.69) is 4.90 Å². The van der Waals surface area contributed by atoms with Gasteiger partial charge in [-0.15, -0.1) is 0 Å². The van der Waals surface area contributed by atoms with Crippen molar-refractivity contribution < 1.29 is 28.5 Å². The molecule has 0 unspecified atom stereocenters. The molecule has 0 aromatic heterocycles. The summed E-state index contributed by atoms with van der Waals surface area (Å²) in [5, 5.41) is 0. The summed E-state index contributed by atoms with van der Waals surface area (Å²) in [6, 6.07) is 4.38. The van der Waals surface area contributed by atoms with Gasteiger partial charge in [0, 0.05) is 19.2 Å². The number of hydrogen-bond acceptors (Lipinski definition) is 7. The van der Waals surface area contributed by atoms with Crippen LogP contribution in [-0.2, 0) is 9.47 Å². The molecule has 2 saturated heterocycles. The Morgan fingerprint density at radius 2 is 2.07 bits per heavy atom. The SMILES string of the molecule is C[C@H](C(=O)c1ccc2c(c1)OCO2)N(C)C(=O)OCCN1CCCC12COC2. The van der Waals surface area contributed by atoms with Gasteiger partial charge in [0.25, 0.3) is 0 Å². The first-order valence-electron chi connectivity index (χ1n) is 9.66. The zero-order valence-corrected chi connectivity index (χ0v) is 16.3. The maximum absolute atomic E-state index is 12.7. The molecule has 1 spiro atoms. The van der Waals surface area contributed by atoms with Gasteiger partial charge in [-0.2, -0.15) is 0 Å². The highest BCUT2D eigenvalue weighted by Crippen LogP contribution is 2.35. The number of benzene rings is 1. The van der Waals surface area contributed by atoms with Gasteiger partial charge >= 0.3 is 6.09 Å². The van der Waals surface area contributed by atoms with Gasteiger partial charge in [-0.25, -0.2) is 4.79 Å². The summed E-state index contributed by atoms with van der Waals surface area (Å²) in [5.41, 5.74) is 0.626. The summed E-state index contributed by atoms with van der Waals surface area (Å²) < 4.78 is 21.4. The highest BCUT2D eigenvalue weighted by atomic mass is 16.7. The van der Waals surface area contributed by atoms with Crippen molar-refractivity contribution >= 4 is 11.9 Å². The molecule has 3 aliphatic rings. The third-order valence-electron chi connectivity index (χ3n) is 5.97. The number of nitrogens with zero attached hydrogens (tertiary/aromatic N) is 2. The first-order chi connectivity index (χ1) is 13.5. The first-order valence-corrected chi connectivity index (χ1v) is 9.66. The predicted octanol–water partition coefficient (Wildman–Crippen LogP) is 1.92. The van der Waals surface area contributed by atoms with Crippen LogP contribution in [0.15, 0.2) is 18.2 Å². The van der Waals surface area contributed by atoms with Gasteiger partial charge < -0.3 is 23.8 Å². The molecule has 1 aromatic carbocycles. The Labute approximate surface area is 164 Å². The molecule has 1 atom stereocenters. The molecule has 0 bridgehead atoms. The quantitative estimate of drug-likeness (QED) is 0.687. The second kappa shape index (κ2) is 7.60. The van der Waals surface area contributed by atoms with E-state index in [1.165, 1.54) is 4.90 Å². The monoisotopic (exact) mass is 390 g/mol. The number of carbonyl (C=O) groups excluding carboxylic acids is 2. The molecule has 1 amide bonds. The van der Waals surface area contributed by atoms with Crippen LogP contribution in [0.25, 0.3) is 0 Å². The summed E-state index contributed by atoms with van der Waals surface area (Å²) in [6.07, 6.45) is 1.79. The van der Waals surface area contributed by atoms with Gasteiger partial charge in [-0.3, -0.25) is 9.69 Å². The van der Waals surface area contributed by atoms with Crippen LogP contribution in [0.1, 0.15) is 30.1 Å². The number of Topliss-reactive ketones (excluding diaryl/α,β-unsaturated/α-hetero) is 1. The normalized spacial score (nSPS) is 20.6. The minimum Gasteiger partial charge on any atom is -0.454 e. The van der Waals surface area contributed by atoms with Crippen LogP contribution >= 0.6 is 0 Å². The van der Waals surface area contributed by atoms with E-state index in [1.54, 1.807) is 32.2 Å². The molecule has 0 radical (unpaired) electrons. The molecule has 3 aliphatic heterocycles. The van der Waals surface area contributed by atoms with E-state index in [-0.39, 0.29) is 18.1 Å². The molecule has 8 heteroatoms. The van der Waals surface area contributed by atoms with Gasteiger partial charge in [0.1, 0.15) is 6.61 Å². The molecular formula is C20H26N2O6. The molecule has 8 nitrogen and oxygen atoms in total. The first kappa shape index (κ1) is 19.0. The minimum absolute atomic E-state index is 0.152. The minimum atomic E-state index is -0.647. The molecule has 4 rings (SSSR count). The molecule has 3 heterocycles. The average molecular weight is 390 g/mol. The Hall–Kier alpha value is -2.32. The van der Waals surface area contributed by atoms with Crippen LogP contribution < -0.4 is 9.47 Å². The lowest BCUT2D eigenvalue weighted by molar-refractivity contribution is -0.125. The molecule has 0 N–H and O–H groups in total. The summed E-state index contributed by atoms with van der Waals surface area (Å²) >= 11 is 0. The number of ketones is 1. The van der Waals surface area contributed by atoms with Gasteiger partial charge in [-0.05, 0) is 44.5 Å². The second-order valence-electron chi connectivity index (χ2n) is 7.64. The van der Waals surface area contributed by atoms with Crippen molar-refractivity contribution in [2.24, 2.45) is 0 Å². The zero-order chi connectivity index (χ0) is 19.7. The third-order valence-corrected chi connectivity index (χ3v) is 5.97. The van der Waals surface area contributed by atoms with Gasteiger partial charge in [0.15, 0.2) is 17.3 Å². The van der Waals surface area contributed by atoms with Crippen LogP contribution in [0.4, 0.5) is 4.79 Å². The van der Waals surface area contributed by atoms with Gasteiger partial charge in [0.05, 0.1) is 24.8 Å². The number of carbonyl (C=O) groups is 2. The fourth-order valence-corrected chi connectivity index (χ4v) is 3.98. The Balaban J connectivity index is 1.28.